The van der Waals surface area contributed by atoms with Gasteiger partial charge in [0.1, 0.15) is 0 Å². The summed E-state index contributed by atoms with van der Waals surface area (Å²) < 4.78 is 0. The lowest BCUT2D eigenvalue weighted by molar-refractivity contribution is -0.137. The van der Waals surface area contributed by atoms with E-state index in [1.54, 1.807) is 6.20 Å². The molecule has 0 fully saturated rings. The molecular formula is C9H13N3O2. The average molecular weight is 195 g/mol. The van der Waals surface area contributed by atoms with Gasteiger partial charge >= 0.3 is 5.97 Å². The van der Waals surface area contributed by atoms with E-state index in [4.69, 9.17) is 5.11 Å². The minimum Gasteiger partial charge on any atom is -0.481 e. The monoisotopic (exact) mass is 195 g/mol. The van der Waals surface area contributed by atoms with Crippen LogP contribution in [-0.4, -0.2) is 26.3 Å². The SMILES string of the molecule is CC(C)c1cnnc(CCC(=O)O)n1. The summed E-state index contributed by atoms with van der Waals surface area (Å²) in [7, 11) is 0. The number of carbonyl (C=O) groups is 1. The number of aliphatic carboxylic acids is 1. The van der Waals surface area contributed by atoms with Crippen LogP contribution in [0.2, 0.25) is 0 Å². The summed E-state index contributed by atoms with van der Waals surface area (Å²) in [4.78, 5) is 14.5. The molecule has 0 saturated heterocycles. The van der Waals surface area contributed by atoms with Crippen molar-refractivity contribution in [1.82, 2.24) is 15.2 Å². The highest BCUT2D eigenvalue weighted by Crippen LogP contribution is 2.09. The Kier molecular flexibility index (Phi) is 3.50. The van der Waals surface area contributed by atoms with Crippen LogP contribution >= 0.6 is 0 Å². The Morgan fingerprint density at radius 3 is 2.86 bits per heavy atom. The number of aromatic nitrogens is 3. The van der Waals surface area contributed by atoms with Crippen molar-refractivity contribution < 1.29 is 9.90 Å². The first-order valence-electron chi connectivity index (χ1n) is 4.50. The van der Waals surface area contributed by atoms with Crippen molar-refractivity contribution in [1.29, 1.82) is 0 Å². The fraction of sp³-hybridized carbons (Fsp3) is 0.556. The first kappa shape index (κ1) is 10.6. The highest BCUT2D eigenvalue weighted by atomic mass is 16.4. The van der Waals surface area contributed by atoms with Crippen molar-refractivity contribution >= 4 is 5.97 Å². The molecule has 5 nitrogen and oxygen atoms in total. The molecule has 0 saturated carbocycles. The summed E-state index contributed by atoms with van der Waals surface area (Å²) in [6.07, 6.45) is 1.99. The van der Waals surface area contributed by atoms with Crippen LogP contribution in [0, 0.1) is 0 Å². The third-order valence-corrected chi connectivity index (χ3v) is 1.78. The highest BCUT2D eigenvalue weighted by molar-refractivity contribution is 5.66. The van der Waals surface area contributed by atoms with Gasteiger partial charge < -0.3 is 5.11 Å². The zero-order chi connectivity index (χ0) is 10.6. The number of nitrogens with zero attached hydrogens (tertiary/aromatic N) is 3. The lowest BCUT2D eigenvalue weighted by Crippen LogP contribution is -2.05. The second kappa shape index (κ2) is 4.64. The van der Waals surface area contributed by atoms with Gasteiger partial charge in [-0.05, 0) is 5.92 Å². The second-order valence-corrected chi connectivity index (χ2v) is 3.35. The molecule has 0 amide bonds. The molecule has 0 aliphatic heterocycles. The van der Waals surface area contributed by atoms with Crippen molar-refractivity contribution in [2.24, 2.45) is 0 Å². The van der Waals surface area contributed by atoms with Crippen LogP contribution < -0.4 is 0 Å². The predicted octanol–water partition coefficient (Wildman–Crippen LogP) is 1.01. The Bertz CT molecular complexity index is 326. The van der Waals surface area contributed by atoms with Gasteiger partial charge in [0.25, 0.3) is 0 Å². The quantitative estimate of drug-likeness (QED) is 0.776. The van der Waals surface area contributed by atoms with Crippen LogP contribution in [0.5, 0.6) is 0 Å². The molecule has 0 aliphatic rings. The molecule has 0 unspecified atom stereocenters. The first-order valence-corrected chi connectivity index (χ1v) is 4.50. The van der Waals surface area contributed by atoms with Crippen LogP contribution in [0.1, 0.15) is 37.7 Å². The van der Waals surface area contributed by atoms with Gasteiger partial charge in [-0.25, -0.2) is 4.98 Å². The van der Waals surface area contributed by atoms with Gasteiger partial charge in [-0.2, -0.15) is 5.10 Å². The van der Waals surface area contributed by atoms with Gasteiger partial charge in [0.15, 0.2) is 5.82 Å². The Balaban J connectivity index is 2.68. The lowest BCUT2D eigenvalue weighted by atomic mass is 10.1. The normalized spacial score (nSPS) is 10.5. The van der Waals surface area contributed by atoms with Gasteiger partial charge in [0.05, 0.1) is 18.3 Å². The molecule has 14 heavy (non-hydrogen) atoms. The maximum atomic E-state index is 10.3. The number of aryl methyl sites for hydroxylation is 1. The minimum atomic E-state index is -0.844. The van der Waals surface area contributed by atoms with E-state index >= 15 is 0 Å². The average Bonchev–Trinajstić information content (AvgIpc) is 2.15. The third-order valence-electron chi connectivity index (χ3n) is 1.78. The molecule has 0 bridgehead atoms. The van der Waals surface area contributed by atoms with E-state index in [1.807, 2.05) is 13.8 Å². The van der Waals surface area contributed by atoms with Gasteiger partial charge in [0, 0.05) is 6.42 Å². The summed E-state index contributed by atoms with van der Waals surface area (Å²) in [6.45, 7) is 4.01. The summed E-state index contributed by atoms with van der Waals surface area (Å²) in [5, 5.41) is 16.0. The van der Waals surface area contributed by atoms with E-state index in [2.05, 4.69) is 15.2 Å². The summed E-state index contributed by atoms with van der Waals surface area (Å²) >= 11 is 0. The molecule has 0 radical (unpaired) electrons. The standard InChI is InChI=1S/C9H13N3O2/c1-6(2)7-5-10-12-8(11-7)3-4-9(13)14/h5-6H,3-4H2,1-2H3,(H,13,14). The number of hydrogen-bond donors (Lipinski definition) is 1. The van der Waals surface area contributed by atoms with Gasteiger partial charge in [-0.1, -0.05) is 13.8 Å². The van der Waals surface area contributed by atoms with Crippen molar-refractivity contribution in [3.8, 4) is 0 Å². The molecule has 1 aromatic rings. The largest absolute Gasteiger partial charge is 0.481 e. The molecular weight excluding hydrogens is 182 g/mol. The zero-order valence-electron chi connectivity index (χ0n) is 8.27. The fourth-order valence-electron chi connectivity index (χ4n) is 0.958. The minimum absolute atomic E-state index is 0.0449. The number of carboxylic acid groups (broad SMARTS) is 1. The summed E-state index contributed by atoms with van der Waals surface area (Å²) in [6, 6.07) is 0. The van der Waals surface area contributed by atoms with Gasteiger partial charge in [-0.15, -0.1) is 5.10 Å². The smallest absolute Gasteiger partial charge is 0.303 e. The molecule has 1 aromatic heterocycles. The van der Waals surface area contributed by atoms with Crippen LogP contribution in [0.25, 0.3) is 0 Å². The molecule has 5 heteroatoms. The van der Waals surface area contributed by atoms with Crippen LogP contribution in [0.3, 0.4) is 0 Å². The van der Waals surface area contributed by atoms with E-state index < -0.39 is 5.97 Å². The third kappa shape index (κ3) is 3.08. The van der Waals surface area contributed by atoms with E-state index in [0.29, 0.717) is 12.2 Å². The van der Waals surface area contributed by atoms with Gasteiger partial charge in [-0.3, -0.25) is 4.79 Å². The lowest BCUT2D eigenvalue weighted by Gasteiger charge is -2.03. The number of rotatable bonds is 4. The van der Waals surface area contributed by atoms with Crippen LogP contribution in [-0.2, 0) is 11.2 Å². The topological polar surface area (TPSA) is 76.0 Å². The highest BCUT2D eigenvalue weighted by Gasteiger charge is 2.06. The van der Waals surface area contributed by atoms with Crippen molar-refractivity contribution in [3.63, 3.8) is 0 Å². The van der Waals surface area contributed by atoms with E-state index in [-0.39, 0.29) is 12.3 Å². The van der Waals surface area contributed by atoms with Crippen LogP contribution in [0.15, 0.2) is 6.20 Å². The summed E-state index contributed by atoms with van der Waals surface area (Å²) in [5.41, 5.74) is 0.848. The fourth-order valence-corrected chi connectivity index (χ4v) is 0.958. The molecule has 1 rings (SSSR count). The Morgan fingerprint density at radius 1 is 1.57 bits per heavy atom. The van der Waals surface area contributed by atoms with E-state index in [9.17, 15) is 4.79 Å². The van der Waals surface area contributed by atoms with Gasteiger partial charge in [0.2, 0.25) is 0 Å². The van der Waals surface area contributed by atoms with Crippen molar-refractivity contribution in [3.05, 3.63) is 17.7 Å². The van der Waals surface area contributed by atoms with Crippen molar-refractivity contribution in [2.45, 2.75) is 32.6 Å². The zero-order valence-corrected chi connectivity index (χ0v) is 8.27. The maximum Gasteiger partial charge on any atom is 0.303 e. The molecule has 1 N–H and O–H groups in total. The predicted molar refractivity (Wildman–Crippen MR) is 49.9 cm³/mol. The van der Waals surface area contributed by atoms with E-state index in [1.165, 1.54) is 0 Å². The second-order valence-electron chi connectivity index (χ2n) is 3.35. The Morgan fingerprint density at radius 2 is 2.29 bits per heavy atom. The molecule has 1 heterocycles. The van der Waals surface area contributed by atoms with E-state index in [0.717, 1.165) is 5.69 Å². The molecule has 0 atom stereocenters. The maximum absolute atomic E-state index is 10.3. The van der Waals surface area contributed by atoms with Crippen molar-refractivity contribution in [2.75, 3.05) is 0 Å². The Hall–Kier alpha value is -1.52. The number of hydrogen-bond acceptors (Lipinski definition) is 4. The first-order chi connectivity index (χ1) is 6.59. The molecule has 76 valence electrons. The van der Waals surface area contributed by atoms with Crippen LogP contribution in [0.4, 0.5) is 0 Å². The molecule has 0 spiro atoms. The summed E-state index contributed by atoms with van der Waals surface area (Å²) in [5.74, 6) is -0.0590. The molecule has 0 aliphatic carbocycles. The molecule has 0 aromatic carbocycles. The number of carboxylic acids is 1. The Labute approximate surface area is 82.2 Å².